The number of hydrogen-bond donors (Lipinski definition) is 0. The molecule has 0 bridgehead atoms. The molecule has 1 aliphatic heterocycles. The van der Waals surface area contributed by atoms with Crippen LogP contribution in [-0.4, -0.2) is 32.9 Å². The first kappa shape index (κ1) is 21.3. The van der Waals surface area contributed by atoms with E-state index in [9.17, 15) is 0 Å². The van der Waals surface area contributed by atoms with Gasteiger partial charge in [-0.3, -0.25) is 0 Å². The molecular formula is C23H22Cl3NOTe. The van der Waals surface area contributed by atoms with E-state index in [4.69, 9.17) is 36.6 Å². The Morgan fingerprint density at radius 2 is 1.59 bits per heavy atom. The number of aryl methyl sites for hydroxylation is 2. The van der Waals surface area contributed by atoms with E-state index in [0.717, 1.165) is 31.1 Å². The van der Waals surface area contributed by atoms with E-state index >= 15 is 0 Å². The van der Waals surface area contributed by atoms with Crippen LogP contribution in [0.5, 0.6) is 0 Å². The van der Waals surface area contributed by atoms with Crippen LogP contribution in [0.1, 0.15) is 30.5 Å². The quantitative estimate of drug-likeness (QED) is 0.333. The van der Waals surface area contributed by atoms with Gasteiger partial charge in [0.25, 0.3) is 0 Å². The Kier molecular flexibility index (Phi) is 5.60. The summed E-state index contributed by atoms with van der Waals surface area (Å²) in [5, 5.41) is 2.15. The third kappa shape index (κ3) is 4.27. The normalized spacial score (nSPS) is 16.6. The Bertz CT molecular complexity index is 1130. The van der Waals surface area contributed by atoms with Crippen LogP contribution in [0.15, 0.2) is 53.5 Å². The summed E-state index contributed by atoms with van der Waals surface area (Å²) < 4.78 is 6.83. The SMILES string of the molecule is Cc1cc(C)cc(-c2c(C3=NC(C)(C)CO3)c([Te](Cl)(Cl)Cl)cc3ccccc23)c1. The monoisotopic (exact) mass is 563 g/mol. The first-order valence-electron chi connectivity index (χ1n) is 9.35. The minimum absolute atomic E-state index is 0.307. The van der Waals surface area contributed by atoms with Crippen LogP contribution in [-0.2, 0) is 4.74 Å². The van der Waals surface area contributed by atoms with Crippen molar-refractivity contribution < 1.29 is 4.74 Å². The molecule has 152 valence electrons. The molecule has 0 aliphatic carbocycles. The number of hydrogen-bond acceptors (Lipinski definition) is 2. The molecule has 0 fully saturated rings. The molecule has 6 heteroatoms. The van der Waals surface area contributed by atoms with Gasteiger partial charge in [0.05, 0.1) is 0 Å². The van der Waals surface area contributed by atoms with E-state index in [1.54, 1.807) is 0 Å². The second-order valence-electron chi connectivity index (χ2n) is 8.15. The molecule has 2 nitrogen and oxygen atoms in total. The molecule has 0 radical (unpaired) electrons. The minimum atomic E-state index is -3.84. The van der Waals surface area contributed by atoms with Crippen molar-refractivity contribution in [2.24, 2.45) is 4.99 Å². The van der Waals surface area contributed by atoms with Crippen LogP contribution >= 0.6 is 26.9 Å². The van der Waals surface area contributed by atoms with Crippen molar-refractivity contribution in [2.75, 3.05) is 6.61 Å². The molecule has 0 saturated heterocycles. The Balaban J connectivity index is 2.18. The molecule has 1 heterocycles. The first-order valence-corrected chi connectivity index (χ1v) is 19.4. The predicted molar refractivity (Wildman–Crippen MR) is 128 cm³/mol. The molecular weight excluding hydrogens is 540 g/mol. The van der Waals surface area contributed by atoms with Crippen molar-refractivity contribution in [3.8, 4) is 11.1 Å². The zero-order chi connectivity index (χ0) is 21.0. The Morgan fingerprint density at radius 3 is 2.17 bits per heavy atom. The molecule has 0 amide bonds. The first-order chi connectivity index (χ1) is 13.5. The van der Waals surface area contributed by atoms with Gasteiger partial charge in [-0.05, 0) is 0 Å². The van der Waals surface area contributed by atoms with Gasteiger partial charge in [-0.25, -0.2) is 0 Å². The molecule has 3 aromatic carbocycles. The molecule has 3 aromatic rings. The summed E-state index contributed by atoms with van der Waals surface area (Å²) in [6.45, 7) is 8.81. The second-order valence-corrected chi connectivity index (χ2v) is 24.2. The summed E-state index contributed by atoms with van der Waals surface area (Å²) in [5.41, 5.74) is 5.01. The van der Waals surface area contributed by atoms with Crippen LogP contribution < -0.4 is 3.61 Å². The maximum absolute atomic E-state index is 6.65. The Labute approximate surface area is 186 Å². The summed E-state index contributed by atoms with van der Waals surface area (Å²) in [4.78, 5) is 4.85. The van der Waals surface area contributed by atoms with Gasteiger partial charge in [0.15, 0.2) is 0 Å². The fourth-order valence-electron chi connectivity index (χ4n) is 3.85. The molecule has 0 aromatic heterocycles. The van der Waals surface area contributed by atoms with E-state index in [-0.39, 0.29) is 5.54 Å². The maximum atomic E-state index is 6.65. The van der Waals surface area contributed by atoms with Gasteiger partial charge in [-0.1, -0.05) is 0 Å². The molecule has 0 spiro atoms. The number of ether oxygens (including phenoxy) is 1. The van der Waals surface area contributed by atoms with Crippen molar-refractivity contribution >= 4 is 62.0 Å². The van der Waals surface area contributed by atoms with E-state index in [1.165, 1.54) is 11.1 Å². The van der Waals surface area contributed by atoms with Crippen molar-refractivity contribution in [1.82, 2.24) is 0 Å². The molecule has 0 unspecified atom stereocenters. The fourth-order valence-corrected chi connectivity index (χ4v) is 8.24. The van der Waals surface area contributed by atoms with Gasteiger partial charge in [0.1, 0.15) is 0 Å². The molecule has 0 atom stereocenters. The van der Waals surface area contributed by atoms with Gasteiger partial charge >= 0.3 is 188 Å². The third-order valence-electron chi connectivity index (χ3n) is 4.95. The van der Waals surface area contributed by atoms with Crippen molar-refractivity contribution in [3.63, 3.8) is 0 Å². The molecule has 0 saturated carbocycles. The van der Waals surface area contributed by atoms with Crippen LogP contribution in [0.3, 0.4) is 0 Å². The number of fused-ring (bicyclic) bond motifs is 1. The number of benzene rings is 3. The zero-order valence-corrected chi connectivity index (χ0v) is 21.3. The molecule has 1 aliphatic rings. The van der Waals surface area contributed by atoms with Gasteiger partial charge in [0.2, 0.25) is 0 Å². The Morgan fingerprint density at radius 1 is 0.931 bits per heavy atom. The van der Waals surface area contributed by atoms with Crippen molar-refractivity contribution in [2.45, 2.75) is 33.2 Å². The van der Waals surface area contributed by atoms with Crippen molar-refractivity contribution in [1.29, 1.82) is 0 Å². The number of rotatable bonds is 3. The van der Waals surface area contributed by atoms with E-state index < -0.39 is 14.8 Å². The topological polar surface area (TPSA) is 21.6 Å². The number of nitrogens with zero attached hydrogens (tertiary/aromatic N) is 1. The summed E-state index contributed by atoms with van der Waals surface area (Å²) >= 11 is -3.84. The summed E-state index contributed by atoms with van der Waals surface area (Å²) in [7, 11) is 19.9. The summed E-state index contributed by atoms with van der Waals surface area (Å²) in [5.74, 6) is 0.572. The number of aliphatic imine (C=N–C) groups is 1. The summed E-state index contributed by atoms with van der Waals surface area (Å²) in [6.07, 6.45) is 0. The standard InChI is InChI=1S/C23H22Cl3NOTe/c1-14-9-15(2)11-17(10-14)20-18-8-6-5-7-16(18)12-19(29(24,25)26)21(20)22-27-23(3,4)13-28-22/h5-12H,13H2,1-4H3. The van der Waals surface area contributed by atoms with Crippen LogP contribution in [0.4, 0.5) is 0 Å². The van der Waals surface area contributed by atoms with E-state index in [2.05, 4.69) is 44.2 Å². The average molecular weight is 562 g/mol. The van der Waals surface area contributed by atoms with Gasteiger partial charge in [0, 0.05) is 0 Å². The predicted octanol–water partition coefficient (Wildman–Crippen LogP) is 6.54. The third-order valence-corrected chi connectivity index (χ3v) is 10.6. The Hall–Kier alpha value is -0.950. The fraction of sp³-hybridized carbons (Fsp3) is 0.261. The zero-order valence-electron chi connectivity index (χ0n) is 16.7. The van der Waals surface area contributed by atoms with E-state index in [0.29, 0.717) is 12.5 Å². The molecule has 29 heavy (non-hydrogen) atoms. The van der Waals surface area contributed by atoms with Gasteiger partial charge in [-0.2, -0.15) is 0 Å². The van der Waals surface area contributed by atoms with Gasteiger partial charge < -0.3 is 0 Å². The van der Waals surface area contributed by atoms with Gasteiger partial charge in [-0.15, -0.1) is 0 Å². The van der Waals surface area contributed by atoms with E-state index in [1.807, 2.05) is 32.0 Å². The second kappa shape index (κ2) is 7.63. The van der Waals surface area contributed by atoms with Crippen LogP contribution in [0.25, 0.3) is 21.9 Å². The molecule has 4 rings (SSSR count). The number of halogens is 3. The average Bonchev–Trinajstić information content (AvgIpc) is 2.98. The molecule has 0 N–H and O–H groups in total. The summed E-state index contributed by atoms with van der Waals surface area (Å²) in [6, 6.07) is 16.8. The van der Waals surface area contributed by atoms with Crippen LogP contribution in [0, 0.1) is 13.8 Å². The van der Waals surface area contributed by atoms with Crippen LogP contribution in [0.2, 0.25) is 0 Å². The van der Waals surface area contributed by atoms with Crippen molar-refractivity contribution in [3.05, 3.63) is 65.2 Å².